The van der Waals surface area contributed by atoms with E-state index in [4.69, 9.17) is 9.52 Å². The number of para-hydroxylation sites is 2. The Labute approximate surface area is 174 Å². The highest BCUT2D eigenvalue weighted by Crippen LogP contribution is 2.31. The van der Waals surface area contributed by atoms with Gasteiger partial charge in [0.25, 0.3) is 0 Å². The number of fused-ring (bicyclic) bond motifs is 1. The smallest absolute Gasteiger partial charge is 0.178 e. The normalized spacial score (nSPS) is 12.1. The molecule has 4 rings (SSSR count). The molecule has 0 aliphatic carbocycles. The molecular weight excluding hydrogens is 374 g/mol. The molecule has 5 heteroatoms. The Balaban J connectivity index is 1.90. The minimum absolute atomic E-state index is 0.0903. The van der Waals surface area contributed by atoms with Crippen molar-refractivity contribution >= 4 is 22.8 Å². The van der Waals surface area contributed by atoms with Gasteiger partial charge in [-0.2, -0.15) is 10.4 Å². The van der Waals surface area contributed by atoms with E-state index in [9.17, 15) is 10.1 Å². The lowest BCUT2D eigenvalue weighted by molar-refractivity contribution is -0.121. The Morgan fingerprint density at radius 3 is 2.47 bits per heavy atom. The van der Waals surface area contributed by atoms with Gasteiger partial charge in [0.15, 0.2) is 11.5 Å². The van der Waals surface area contributed by atoms with Crippen molar-refractivity contribution < 1.29 is 9.21 Å². The molecule has 0 aliphatic heterocycles. The van der Waals surface area contributed by atoms with Crippen molar-refractivity contribution in [1.82, 2.24) is 9.78 Å². The van der Waals surface area contributed by atoms with Gasteiger partial charge in [0.2, 0.25) is 0 Å². The van der Waals surface area contributed by atoms with Crippen LogP contribution in [0.4, 0.5) is 0 Å². The molecule has 0 atom stereocenters. The summed E-state index contributed by atoms with van der Waals surface area (Å²) >= 11 is 0. The van der Waals surface area contributed by atoms with Crippen molar-refractivity contribution in [3.05, 3.63) is 78.0 Å². The maximum atomic E-state index is 12.7. The predicted octanol–water partition coefficient (Wildman–Crippen LogP) is 5.81. The molecule has 2 aromatic heterocycles. The molecule has 0 saturated carbocycles. The van der Waals surface area contributed by atoms with Crippen LogP contribution in [0.3, 0.4) is 0 Å². The number of ketones is 1. The van der Waals surface area contributed by atoms with Crippen LogP contribution in [0, 0.1) is 16.7 Å². The van der Waals surface area contributed by atoms with Crippen LogP contribution in [-0.4, -0.2) is 15.6 Å². The topological polar surface area (TPSA) is 71.8 Å². The highest BCUT2D eigenvalue weighted by Gasteiger charge is 2.26. The van der Waals surface area contributed by atoms with Gasteiger partial charge >= 0.3 is 0 Å². The van der Waals surface area contributed by atoms with Crippen LogP contribution < -0.4 is 0 Å². The zero-order chi connectivity index (χ0) is 21.3. The van der Waals surface area contributed by atoms with Crippen molar-refractivity contribution in [1.29, 1.82) is 5.26 Å². The van der Waals surface area contributed by atoms with Crippen LogP contribution in [0.15, 0.2) is 76.9 Å². The van der Waals surface area contributed by atoms with Gasteiger partial charge in [-0.3, -0.25) is 4.79 Å². The summed E-state index contributed by atoms with van der Waals surface area (Å²) in [6.07, 6.45) is 3.41. The van der Waals surface area contributed by atoms with E-state index in [0.717, 1.165) is 16.7 Å². The second kappa shape index (κ2) is 7.49. The third kappa shape index (κ3) is 3.68. The molecule has 5 nitrogen and oxygen atoms in total. The lowest BCUT2D eigenvalue weighted by atomic mass is 9.86. The Kier molecular flexibility index (Phi) is 4.85. The van der Waals surface area contributed by atoms with E-state index in [1.807, 2.05) is 66.9 Å². The molecule has 0 N–H and O–H groups in total. The molecule has 0 fully saturated rings. The average Bonchev–Trinajstić information content (AvgIpc) is 3.35. The van der Waals surface area contributed by atoms with E-state index >= 15 is 0 Å². The largest absolute Gasteiger partial charge is 0.454 e. The fourth-order valence-corrected chi connectivity index (χ4v) is 3.20. The Hall–Kier alpha value is -3.91. The summed E-state index contributed by atoms with van der Waals surface area (Å²) in [5.74, 6) is 0.366. The molecule has 0 bridgehead atoms. The highest BCUT2D eigenvalue weighted by atomic mass is 16.3. The van der Waals surface area contributed by atoms with Gasteiger partial charge < -0.3 is 4.42 Å². The third-order valence-electron chi connectivity index (χ3n) is 4.77. The minimum atomic E-state index is -0.656. The van der Waals surface area contributed by atoms with Crippen molar-refractivity contribution in [3.8, 4) is 23.2 Å². The molecular formula is C25H21N3O2. The number of aromatic nitrogens is 2. The monoisotopic (exact) mass is 395 g/mol. The van der Waals surface area contributed by atoms with E-state index in [-0.39, 0.29) is 11.4 Å². The summed E-state index contributed by atoms with van der Waals surface area (Å²) in [4.78, 5) is 12.7. The zero-order valence-electron chi connectivity index (χ0n) is 17.1. The van der Waals surface area contributed by atoms with Crippen LogP contribution in [-0.2, 0) is 4.79 Å². The van der Waals surface area contributed by atoms with Crippen LogP contribution in [0.25, 0.3) is 34.2 Å². The average molecular weight is 395 g/mol. The quantitative estimate of drug-likeness (QED) is 0.323. The number of Topliss-reactive ketones (excluding diaryl/α,β-unsaturated/α-hetero) is 1. The number of benzene rings is 2. The number of hydrogen-bond donors (Lipinski definition) is 0. The summed E-state index contributed by atoms with van der Waals surface area (Å²) in [6, 6.07) is 21.4. The van der Waals surface area contributed by atoms with Crippen molar-refractivity contribution in [2.45, 2.75) is 20.8 Å². The number of carbonyl (C=O) groups excluding carboxylic acids is 1. The lowest BCUT2D eigenvalue weighted by Crippen LogP contribution is -2.21. The number of furan rings is 1. The summed E-state index contributed by atoms with van der Waals surface area (Å²) in [6.45, 7) is 5.40. The van der Waals surface area contributed by atoms with E-state index in [1.165, 1.54) is 0 Å². The van der Waals surface area contributed by atoms with E-state index < -0.39 is 5.41 Å². The van der Waals surface area contributed by atoms with Gasteiger partial charge in [0.1, 0.15) is 17.3 Å². The zero-order valence-corrected chi connectivity index (χ0v) is 17.1. The molecule has 0 spiro atoms. The number of carbonyl (C=O) groups is 1. The first-order valence-electron chi connectivity index (χ1n) is 9.67. The van der Waals surface area contributed by atoms with Gasteiger partial charge in [-0.25, -0.2) is 4.68 Å². The summed E-state index contributed by atoms with van der Waals surface area (Å²) in [5, 5.41) is 15.3. The van der Waals surface area contributed by atoms with E-state index in [1.54, 1.807) is 31.5 Å². The van der Waals surface area contributed by atoms with Crippen molar-refractivity contribution in [2.75, 3.05) is 0 Å². The van der Waals surface area contributed by atoms with Crippen molar-refractivity contribution in [3.63, 3.8) is 0 Å². The molecule has 0 aliphatic rings. The Bertz CT molecular complexity index is 1260. The summed E-state index contributed by atoms with van der Waals surface area (Å²) in [5.41, 5.74) is 2.28. The number of nitriles is 1. The number of allylic oxidation sites excluding steroid dienone is 1. The fraction of sp³-hybridized carbons (Fsp3) is 0.160. The Morgan fingerprint density at radius 2 is 1.80 bits per heavy atom. The van der Waals surface area contributed by atoms with Gasteiger partial charge in [-0.1, -0.05) is 57.2 Å². The van der Waals surface area contributed by atoms with Gasteiger partial charge in [-0.05, 0) is 30.3 Å². The van der Waals surface area contributed by atoms with E-state index in [2.05, 4.69) is 6.07 Å². The van der Waals surface area contributed by atoms with Crippen LogP contribution in [0.1, 0.15) is 26.3 Å². The molecule has 30 heavy (non-hydrogen) atoms. The molecule has 2 aromatic carbocycles. The van der Waals surface area contributed by atoms with Gasteiger partial charge in [-0.15, -0.1) is 0 Å². The molecule has 0 unspecified atom stereocenters. The second-order valence-corrected chi connectivity index (χ2v) is 8.11. The first-order valence-corrected chi connectivity index (χ1v) is 9.67. The second-order valence-electron chi connectivity index (χ2n) is 8.11. The molecule has 4 aromatic rings. The van der Waals surface area contributed by atoms with Crippen molar-refractivity contribution in [2.24, 2.45) is 5.41 Å². The number of hydrogen-bond acceptors (Lipinski definition) is 4. The molecule has 0 saturated heterocycles. The lowest BCUT2D eigenvalue weighted by Gasteiger charge is -2.15. The maximum absolute atomic E-state index is 12.7. The number of nitrogens with zero attached hydrogens (tertiary/aromatic N) is 3. The molecule has 0 radical (unpaired) electrons. The summed E-state index contributed by atoms with van der Waals surface area (Å²) < 4.78 is 7.74. The first-order chi connectivity index (χ1) is 14.4. The minimum Gasteiger partial charge on any atom is -0.454 e. The van der Waals surface area contributed by atoms with Gasteiger partial charge in [0, 0.05) is 22.6 Å². The molecule has 2 heterocycles. The Morgan fingerprint density at radius 1 is 1.10 bits per heavy atom. The maximum Gasteiger partial charge on any atom is 0.178 e. The van der Waals surface area contributed by atoms with E-state index in [0.29, 0.717) is 17.0 Å². The van der Waals surface area contributed by atoms with Crippen LogP contribution in [0.2, 0.25) is 0 Å². The molecule has 0 amide bonds. The predicted molar refractivity (Wildman–Crippen MR) is 117 cm³/mol. The van der Waals surface area contributed by atoms with Crippen LogP contribution >= 0.6 is 0 Å². The molecule has 148 valence electrons. The van der Waals surface area contributed by atoms with Gasteiger partial charge in [0.05, 0.1) is 11.3 Å². The SMILES string of the molecule is CC(C)(C)C(=O)/C(C#N)=C/c1cn(-c2ccccc2)nc1-c1cc2ccccc2o1. The fourth-order valence-electron chi connectivity index (χ4n) is 3.20. The first kappa shape index (κ1) is 19.4. The standard InChI is InChI=1S/C25H21N3O2/c1-25(2,3)24(29)18(15-26)13-19-16-28(20-10-5-4-6-11-20)27-23(19)22-14-17-9-7-8-12-21(17)30-22/h4-14,16H,1-3H3/b18-13+. The van der Waals surface area contributed by atoms with Crippen LogP contribution in [0.5, 0.6) is 0 Å². The highest BCUT2D eigenvalue weighted by molar-refractivity contribution is 6.06. The summed E-state index contributed by atoms with van der Waals surface area (Å²) in [7, 11) is 0. The number of rotatable bonds is 4. The third-order valence-corrected chi connectivity index (χ3v) is 4.77.